The number of ether oxygens (including phenoxy) is 1. The van der Waals surface area contributed by atoms with Crippen molar-refractivity contribution in [3.8, 4) is 28.2 Å². The molecule has 0 unspecified atom stereocenters. The van der Waals surface area contributed by atoms with E-state index >= 15 is 0 Å². The van der Waals surface area contributed by atoms with Crippen LogP contribution in [0.4, 0.5) is 4.39 Å². The molecule has 1 aliphatic carbocycles. The van der Waals surface area contributed by atoms with Gasteiger partial charge in [0.25, 0.3) is 11.8 Å². The first-order valence-electron chi connectivity index (χ1n) is 13.1. The molecule has 5 aromatic rings. The highest BCUT2D eigenvalue weighted by atomic mass is 35.5. The van der Waals surface area contributed by atoms with E-state index in [0.717, 1.165) is 24.2 Å². The molecule has 4 aromatic carbocycles. The molecule has 0 atom stereocenters. The molecule has 206 valence electrons. The molecule has 1 aromatic heterocycles. The zero-order valence-electron chi connectivity index (χ0n) is 22.4. The van der Waals surface area contributed by atoms with Crippen molar-refractivity contribution in [3.63, 3.8) is 0 Å². The van der Waals surface area contributed by atoms with Crippen LogP contribution in [-0.2, 0) is 5.54 Å². The number of fused-ring (bicyclic) bond motifs is 1. The van der Waals surface area contributed by atoms with Crippen LogP contribution in [0.15, 0.2) is 89.3 Å². The zero-order valence-corrected chi connectivity index (χ0v) is 23.1. The van der Waals surface area contributed by atoms with Gasteiger partial charge < -0.3 is 19.8 Å². The van der Waals surface area contributed by atoms with Gasteiger partial charge in [-0.1, -0.05) is 29.8 Å². The van der Waals surface area contributed by atoms with E-state index in [0.29, 0.717) is 49.6 Å². The van der Waals surface area contributed by atoms with Crippen molar-refractivity contribution in [2.75, 3.05) is 14.2 Å². The standard InChI is InChI=1S/C33H26ClFN2O4/c1-36-32(39)29-26-16-20(9-13-28(26)41-30(29)19-6-10-23(35)11-7-19)25-17-21(8-12-27(25)34)31(38)37-33(14-15-33)22-4-3-5-24(18-22)40-2/h3-13,16-18H,14-15H2,1-2H3,(H,36,39)(H,37,38). The average molecular weight is 569 g/mol. The Morgan fingerprint density at radius 3 is 2.39 bits per heavy atom. The number of hydrogen-bond donors (Lipinski definition) is 2. The van der Waals surface area contributed by atoms with Crippen LogP contribution in [0.2, 0.25) is 5.02 Å². The Kier molecular flexibility index (Phi) is 6.75. The number of halogens is 2. The third kappa shape index (κ3) is 4.93. The molecule has 6 rings (SSSR count). The van der Waals surface area contributed by atoms with Crippen molar-refractivity contribution in [2.24, 2.45) is 0 Å². The summed E-state index contributed by atoms with van der Waals surface area (Å²) in [5.41, 5.74) is 3.78. The second kappa shape index (κ2) is 10.4. The fourth-order valence-electron chi connectivity index (χ4n) is 5.13. The molecule has 6 nitrogen and oxygen atoms in total. The lowest BCUT2D eigenvalue weighted by Gasteiger charge is -2.19. The van der Waals surface area contributed by atoms with Gasteiger partial charge in [0.1, 0.15) is 22.9 Å². The Hall–Kier alpha value is -4.62. The maximum Gasteiger partial charge on any atom is 0.255 e. The van der Waals surface area contributed by atoms with Crippen molar-refractivity contribution < 1.29 is 23.1 Å². The number of benzene rings is 4. The minimum atomic E-state index is -0.430. The first kappa shape index (κ1) is 26.6. The molecule has 0 spiro atoms. The number of carbonyl (C=O) groups excluding carboxylic acids is 2. The Labute approximate surface area is 241 Å². The highest BCUT2D eigenvalue weighted by molar-refractivity contribution is 6.33. The zero-order chi connectivity index (χ0) is 28.7. The van der Waals surface area contributed by atoms with Crippen LogP contribution in [0, 0.1) is 5.82 Å². The van der Waals surface area contributed by atoms with Crippen molar-refractivity contribution in [2.45, 2.75) is 18.4 Å². The van der Waals surface area contributed by atoms with Gasteiger partial charge >= 0.3 is 0 Å². The third-order valence-electron chi connectivity index (χ3n) is 7.51. The number of furan rings is 1. The lowest BCUT2D eigenvalue weighted by Crippen LogP contribution is -2.34. The van der Waals surface area contributed by atoms with E-state index in [-0.39, 0.29) is 17.6 Å². The van der Waals surface area contributed by atoms with Crippen molar-refractivity contribution in [3.05, 3.63) is 112 Å². The predicted octanol–water partition coefficient (Wildman–Crippen LogP) is 7.35. The third-order valence-corrected chi connectivity index (χ3v) is 7.84. The van der Waals surface area contributed by atoms with Gasteiger partial charge in [0.05, 0.1) is 18.2 Å². The van der Waals surface area contributed by atoms with E-state index in [2.05, 4.69) is 10.6 Å². The SMILES string of the molecule is CNC(=O)c1c(-c2ccc(F)cc2)oc2ccc(-c3cc(C(=O)NC4(c5cccc(OC)c5)CC4)ccc3Cl)cc12. The highest BCUT2D eigenvalue weighted by Gasteiger charge is 2.46. The van der Waals surface area contributed by atoms with Gasteiger partial charge in [0.15, 0.2) is 0 Å². The first-order valence-corrected chi connectivity index (χ1v) is 13.5. The lowest BCUT2D eigenvalue weighted by atomic mass is 9.98. The average Bonchev–Trinajstić information content (AvgIpc) is 3.68. The molecular weight excluding hydrogens is 543 g/mol. The molecule has 0 bridgehead atoms. The van der Waals surface area contributed by atoms with Crippen LogP contribution in [0.25, 0.3) is 33.4 Å². The van der Waals surface area contributed by atoms with Crippen LogP contribution < -0.4 is 15.4 Å². The minimum Gasteiger partial charge on any atom is -0.497 e. The number of hydrogen-bond acceptors (Lipinski definition) is 4. The van der Waals surface area contributed by atoms with Crippen LogP contribution in [0.1, 0.15) is 39.1 Å². The molecule has 8 heteroatoms. The minimum absolute atomic E-state index is 0.211. The van der Waals surface area contributed by atoms with Gasteiger partial charge in [-0.05, 0) is 90.7 Å². The van der Waals surface area contributed by atoms with Crippen molar-refractivity contribution in [1.82, 2.24) is 10.6 Å². The molecule has 2 N–H and O–H groups in total. The summed E-state index contributed by atoms with van der Waals surface area (Å²) < 4.78 is 25.0. The van der Waals surface area contributed by atoms with E-state index in [9.17, 15) is 14.0 Å². The molecule has 2 amide bonds. The van der Waals surface area contributed by atoms with Crippen LogP contribution in [-0.4, -0.2) is 26.0 Å². The molecule has 1 heterocycles. The van der Waals surface area contributed by atoms with Crippen molar-refractivity contribution >= 4 is 34.4 Å². The Bertz CT molecular complexity index is 1810. The molecule has 1 saturated carbocycles. The second-order valence-electron chi connectivity index (χ2n) is 10.1. The lowest BCUT2D eigenvalue weighted by molar-refractivity contribution is 0.0929. The predicted molar refractivity (Wildman–Crippen MR) is 157 cm³/mol. The van der Waals surface area contributed by atoms with E-state index in [1.54, 1.807) is 43.5 Å². The summed E-state index contributed by atoms with van der Waals surface area (Å²) in [5, 5.41) is 6.90. The Morgan fingerprint density at radius 1 is 0.927 bits per heavy atom. The summed E-state index contributed by atoms with van der Waals surface area (Å²) in [7, 11) is 3.16. The topological polar surface area (TPSA) is 80.6 Å². The number of methoxy groups -OCH3 is 1. The summed E-state index contributed by atoms with van der Waals surface area (Å²) in [6.45, 7) is 0. The maximum atomic E-state index is 13.6. The number of carbonyl (C=O) groups is 2. The maximum absolute atomic E-state index is 13.6. The monoisotopic (exact) mass is 568 g/mol. The van der Waals surface area contributed by atoms with Gasteiger partial charge in [0.2, 0.25) is 0 Å². The van der Waals surface area contributed by atoms with E-state index in [1.165, 1.54) is 19.2 Å². The molecular formula is C33H26ClFN2O4. The summed E-state index contributed by atoms with van der Waals surface area (Å²) in [4.78, 5) is 26.4. The van der Waals surface area contributed by atoms with Crippen LogP contribution >= 0.6 is 11.6 Å². The fraction of sp³-hybridized carbons (Fsp3) is 0.152. The summed E-state index contributed by atoms with van der Waals surface area (Å²) in [6, 6.07) is 24.1. The molecule has 1 aliphatic rings. The first-order chi connectivity index (χ1) is 19.8. The molecule has 41 heavy (non-hydrogen) atoms. The summed E-state index contributed by atoms with van der Waals surface area (Å²) in [5.74, 6) is 0.139. The number of nitrogens with one attached hydrogen (secondary N) is 2. The van der Waals surface area contributed by atoms with Crippen molar-refractivity contribution in [1.29, 1.82) is 0 Å². The van der Waals surface area contributed by atoms with Gasteiger partial charge in [-0.3, -0.25) is 9.59 Å². The van der Waals surface area contributed by atoms with E-state index < -0.39 is 5.54 Å². The summed E-state index contributed by atoms with van der Waals surface area (Å²) in [6.07, 6.45) is 1.67. The second-order valence-corrected chi connectivity index (χ2v) is 10.5. The number of amides is 2. The Balaban J connectivity index is 1.36. The van der Waals surface area contributed by atoms with Crippen LogP contribution in [0.3, 0.4) is 0 Å². The van der Waals surface area contributed by atoms with Crippen LogP contribution in [0.5, 0.6) is 5.75 Å². The number of rotatable bonds is 7. The molecule has 1 fully saturated rings. The molecule has 0 radical (unpaired) electrons. The van der Waals surface area contributed by atoms with Gasteiger partial charge in [-0.25, -0.2) is 4.39 Å². The molecule has 0 saturated heterocycles. The normalized spacial score (nSPS) is 13.6. The molecule has 0 aliphatic heterocycles. The largest absolute Gasteiger partial charge is 0.497 e. The highest BCUT2D eigenvalue weighted by Crippen LogP contribution is 2.46. The quantitative estimate of drug-likeness (QED) is 0.215. The van der Waals surface area contributed by atoms with Gasteiger partial charge in [0, 0.05) is 34.1 Å². The fourth-order valence-corrected chi connectivity index (χ4v) is 5.36. The smallest absolute Gasteiger partial charge is 0.255 e. The van der Waals surface area contributed by atoms with Gasteiger partial charge in [-0.15, -0.1) is 0 Å². The Morgan fingerprint density at radius 2 is 1.68 bits per heavy atom. The van der Waals surface area contributed by atoms with E-state index in [1.807, 2.05) is 36.4 Å². The van der Waals surface area contributed by atoms with E-state index in [4.69, 9.17) is 20.8 Å². The summed E-state index contributed by atoms with van der Waals surface area (Å²) >= 11 is 6.62. The van der Waals surface area contributed by atoms with Gasteiger partial charge in [-0.2, -0.15) is 0 Å².